The molecule has 0 atom stereocenters. The lowest BCUT2D eigenvalue weighted by Gasteiger charge is -2.19. The van der Waals surface area contributed by atoms with Crippen LogP contribution in [-0.2, 0) is 16.6 Å². The highest BCUT2D eigenvalue weighted by molar-refractivity contribution is 7.99. The molecule has 1 aliphatic rings. The molecule has 2 heterocycles. The van der Waals surface area contributed by atoms with Gasteiger partial charge in [0.1, 0.15) is 0 Å². The number of nitrogens with one attached hydrogen (secondary N) is 1. The molecule has 0 aliphatic carbocycles. The Labute approximate surface area is 183 Å². The lowest BCUT2D eigenvalue weighted by Crippen LogP contribution is -2.26. The van der Waals surface area contributed by atoms with Crippen LogP contribution in [0.15, 0.2) is 53.7 Å². The van der Waals surface area contributed by atoms with Gasteiger partial charge in [0.2, 0.25) is 11.8 Å². The first-order valence-corrected chi connectivity index (χ1v) is 10.9. The van der Waals surface area contributed by atoms with Crippen LogP contribution in [0.2, 0.25) is 5.02 Å². The van der Waals surface area contributed by atoms with Crippen molar-refractivity contribution in [2.24, 2.45) is 7.05 Å². The van der Waals surface area contributed by atoms with E-state index >= 15 is 0 Å². The maximum atomic E-state index is 12.6. The lowest BCUT2D eigenvalue weighted by atomic mass is 10.2. The number of rotatable bonds is 6. The zero-order chi connectivity index (χ0) is 21.1. The summed E-state index contributed by atoms with van der Waals surface area (Å²) in [5.74, 6) is 0.789. The molecule has 9 heteroatoms. The van der Waals surface area contributed by atoms with Crippen molar-refractivity contribution in [2.75, 3.05) is 22.5 Å². The van der Waals surface area contributed by atoms with Gasteiger partial charge in [-0.05, 0) is 42.8 Å². The molecule has 1 aromatic heterocycles. The fourth-order valence-corrected chi connectivity index (χ4v) is 4.16. The second-order valence-corrected chi connectivity index (χ2v) is 8.25. The zero-order valence-corrected chi connectivity index (χ0v) is 17.9. The summed E-state index contributed by atoms with van der Waals surface area (Å²) < 4.78 is 1.85. The van der Waals surface area contributed by atoms with Crippen molar-refractivity contribution in [3.8, 4) is 11.4 Å². The Morgan fingerprint density at radius 3 is 2.67 bits per heavy atom. The molecule has 0 bridgehead atoms. The van der Waals surface area contributed by atoms with Gasteiger partial charge in [-0.2, -0.15) is 0 Å². The zero-order valence-electron chi connectivity index (χ0n) is 16.3. The maximum Gasteiger partial charge on any atom is 0.234 e. The first-order valence-electron chi connectivity index (χ1n) is 9.50. The molecule has 0 unspecified atom stereocenters. The molecule has 0 spiro atoms. The highest BCUT2D eigenvalue weighted by atomic mass is 35.5. The second-order valence-electron chi connectivity index (χ2n) is 6.88. The van der Waals surface area contributed by atoms with Crippen LogP contribution in [0.3, 0.4) is 0 Å². The first-order chi connectivity index (χ1) is 14.5. The average Bonchev–Trinajstić information content (AvgIpc) is 3.33. The van der Waals surface area contributed by atoms with E-state index in [9.17, 15) is 9.59 Å². The van der Waals surface area contributed by atoms with E-state index in [1.54, 1.807) is 17.0 Å². The standard InChI is InChI=1S/C21H20ClN5O2S/c1-26-20(14-8-10-15(22)11-9-14)24-25-21(26)30-13-18(28)23-16-5-2-3-6-17(16)27-12-4-7-19(27)29/h2-3,5-6,8-11H,4,7,12-13H2,1H3,(H,23,28). The smallest absolute Gasteiger partial charge is 0.234 e. The van der Waals surface area contributed by atoms with Crippen LogP contribution in [0, 0.1) is 0 Å². The summed E-state index contributed by atoms with van der Waals surface area (Å²) in [6.45, 7) is 0.673. The van der Waals surface area contributed by atoms with Crippen LogP contribution in [-0.4, -0.2) is 38.9 Å². The minimum absolute atomic E-state index is 0.0832. The van der Waals surface area contributed by atoms with Gasteiger partial charge in [-0.1, -0.05) is 35.5 Å². The molecular formula is C21H20ClN5O2S. The van der Waals surface area contributed by atoms with Gasteiger partial charge in [-0.3, -0.25) is 9.59 Å². The number of hydrogen-bond donors (Lipinski definition) is 1. The van der Waals surface area contributed by atoms with E-state index in [-0.39, 0.29) is 17.6 Å². The van der Waals surface area contributed by atoms with Crippen molar-refractivity contribution in [3.05, 3.63) is 53.6 Å². The van der Waals surface area contributed by atoms with Crippen LogP contribution >= 0.6 is 23.4 Å². The van der Waals surface area contributed by atoms with E-state index in [0.29, 0.717) is 34.7 Å². The largest absolute Gasteiger partial charge is 0.324 e. The van der Waals surface area contributed by atoms with E-state index in [2.05, 4.69) is 15.5 Å². The van der Waals surface area contributed by atoms with Crippen LogP contribution in [0.1, 0.15) is 12.8 Å². The van der Waals surface area contributed by atoms with Crippen molar-refractivity contribution in [1.29, 1.82) is 0 Å². The third kappa shape index (κ3) is 4.34. The summed E-state index contributed by atoms with van der Waals surface area (Å²) in [4.78, 5) is 26.4. The SMILES string of the molecule is Cn1c(SCC(=O)Nc2ccccc2N2CCCC2=O)nnc1-c1ccc(Cl)cc1. The Balaban J connectivity index is 1.42. The topological polar surface area (TPSA) is 80.1 Å². The maximum absolute atomic E-state index is 12.6. The minimum atomic E-state index is -0.171. The molecule has 154 valence electrons. The van der Waals surface area contributed by atoms with Crippen molar-refractivity contribution >= 4 is 46.6 Å². The molecule has 2 amide bonds. The molecule has 1 aliphatic heterocycles. The monoisotopic (exact) mass is 441 g/mol. The summed E-state index contributed by atoms with van der Waals surface area (Å²) in [6, 6.07) is 14.7. The van der Waals surface area contributed by atoms with Crippen molar-refractivity contribution in [2.45, 2.75) is 18.0 Å². The molecule has 1 N–H and O–H groups in total. The number of benzene rings is 2. The van der Waals surface area contributed by atoms with E-state index in [0.717, 1.165) is 17.7 Å². The Bertz CT molecular complexity index is 1080. The van der Waals surface area contributed by atoms with Gasteiger partial charge < -0.3 is 14.8 Å². The Morgan fingerprint density at radius 2 is 1.93 bits per heavy atom. The Morgan fingerprint density at radius 1 is 1.17 bits per heavy atom. The number of nitrogens with zero attached hydrogens (tertiary/aromatic N) is 4. The third-order valence-corrected chi connectivity index (χ3v) is 6.08. The number of anilines is 2. The summed E-state index contributed by atoms with van der Waals surface area (Å²) in [5, 5.41) is 12.6. The number of carbonyl (C=O) groups excluding carboxylic acids is 2. The van der Waals surface area contributed by atoms with Crippen molar-refractivity contribution < 1.29 is 9.59 Å². The van der Waals surface area contributed by atoms with Crippen LogP contribution in [0.4, 0.5) is 11.4 Å². The van der Waals surface area contributed by atoms with Crippen LogP contribution in [0.5, 0.6) is 0 Å². The molecule has 3 aromatic rings. The molecule has 2 aromatic carbocycles. The van der Waals surface area contributed by atoms with Crippen molar-refractivity contribution in [1.82, 2.24) is 14.8 Å². The van der Waals surface area contributed by atoms with E-state index in [1.165, 1.54) is 11.8 Å². The number of thioether (sulfide) groups is 1. The molecule has 4 rings (SSSR count). The minimum Gasteiger partial charge on any atom is -0.324 e. The van der Waals surface area contributed by atoms with Gasteiger partial charge in [0.25, 0.3) is 0 Å². The van der Waals surface area contributed by atoms with Crippen LogP contribution in [0.25, 0.3) is 11.4 Å². The second kappa shape index (κ2) is 8.89. The predicted molar refractivity (Wildman–Crippen MR) is 119 cm³/mol. The average molecular weight is 442 g/mol. The third-order valence-electron chi connectivity index (χ3n) is 4.81. The summed E-state index contributed by atoms with van der Waals surface area (Å²) >= 11 is 7.25. The van der Waals surface area contributed by atoms with E-state index < -0.39 is 0 Å². The van der Waals surface area contributed by atoms with E-state index in [1.807, 2.05) is 48.0 Å². The Kier molecular flexibility index (Phi) is 6.06. The number of hydrogen-bond acceptors (Lipinski definition) is 5. The molecule has 1 fully saturated rings. The molecule has 7 nitrogen and oxygen atoms in total. The number of halogens is 1. The fraction of sp³-hybridized carbons (Fsp3) is 0.238. The molecule has 30 heavy (non-hydrogen) atoms. The van der Waals surface area contributed by atoms with E-state index in [4.69, 9.17) is 11.6 Å². The van der Waals surface area contributed by atoms with Gasteiger partial charge in [-0.15, -0.1) is 10.2 Å². The first kappa shape index (κ1) is 20.4. The van der Waals surface area contributed by atoms with Crippen molar-refractivity contribution in [3.63, 3.8) is 0 Å². The quantitative estimate of drug-likeness (QED) is 0.585. The lowest BCUT2D eigenvalue weighted by molar-refractivity contribution is -0.117. The number of aromatic nitrogens is 3. The van der Waals surface area contributed by atoms with Gasteiger partial charge in [0, 0.05) is 30.6 Å². The number of para-hydroxylation sites is 2. The molecular weight excluding hydrogens is 422 g/mol. The van der Waals surface area contributed by atoms with Crippen LogP contribution < -0.4 is 10.2 Å². The molecule has 0 saturated carbocycles. The normalized spacial score (nSPS) is 13.7. The summed E-state index contributed by atoms with van der Waals surface area (Å²) in [5.41, 5.74) is 2.27. The van der Waals surface area contributed by atoms with Gasteiger partial charge in [0.05, 0.1) is 17.1 Å². The number of carbonyl (C=O) groups is 2. The van der Waals surface area contributed by atoms with Gasteiger partial charge in [0.15, 0.2) is 11.0 Å². The highest BCUT2D eigenvalue weighted by Crippen LogP contribution is 2.30. The Hall–Kier alpha value is -2.84. The predicted octanol–water partition coefficient (Wildman–Crippen LogP) is 3.99. The fourth-order valence-electron chi connectivity index (χ4n) is 3.32. The summed E-state index contributed by atoms with van der Waals surface area (Å²) in [7, 11) is 1.86. The highest BCUT2D eigenvalue weighted by Gasteiger charge is 2.24. The molecule has 0 radical (unpaired) electrons. The van der Waals surface area contributed by atoms with Gasteiger partial charge in [-0.25, -0.2) is 0 Å². The summed E-state index contributed by atoms with van der Waals surface area (Å²) in [6.07, 6.45) is 1.37. The van der Waals surface area contributed by atoms with Gasteiger partial charge >= 0.3 is 0 Å². The number of amides is 2. The molecule has 1 saturated heterocycles.